The van der Waals surface area contributed by atoms with Gasteiger partial charge in [-0.2, -0.15) is 0 Å². The maximum Gasteiger partial charge on any atom is 0.267 e. The first-order valence-electron chi connectivity index (χ1n) is 10.8. The van der Waals surface area contributed by atoms with Gasteiger partial charge in [-0.15, -0.1) is 0 Å². The summed E-state index contributed by atoms with van der Waals surface area (Å²) in [6.45, 7) is 1.21. The Morgan fingerprint density at radius 1 is 1.24 bits per heavy atom. The number of hydrogen-bond acceptors (Lipinski definition) is 5. The van der Waals surface area contributed by atoms with Crippen molar-refractivity contribution in [3.8, 4) is 0 Å². The van der Waals surface area contributed by atoms with Crippen molar-refractivity contribution in [2.75, 3.05) is 6.61 Å². The van der Waals surface area contributed by atoms with Crippen molar-refractivity contribution in [2.45, 2.75) is 32.0 Å². The number of amides is 1. The first kappa shape index (κ1) is 21.4. The molecule has 1 unspecified atom stereocenters. The number of fused-ring (bicyclic) bond motifs is 2. The van der Waals surface area contributed by atoms with E-state index < -0.39 is 5.91 Å². The highest BCUT2D eigenvalue weighted by Crippen LogP contribution is 2.17. The average Bonchev–Trinajstić information content (AvgIpc) is 3.34. The highest BCUT2D eigenvalue weighted by atomic mass is 35.5. The Morgan fingerprint density at radius 2 is 2.06 bits per heavy atom. The van der Waals surface area contributed by atoms with Crippen molar-refractivity contribution >= 4 is 34.2 Å². The number of aromatic nitrogens is 3. The van der Waals surface area contributed by atoms with E-state index in [1.807, 2.05) is 18.2 Å². The predicted molar refractivity (Wildman–Crippen MR) is 124 cm³/mol. The third kappa shape index (κ3) is 4.03. The van der Waals surface area contributed by atoms with E-state index in [0.717, 1.165) is 18.4 Å². The summed E-state index contributed by atoms with van der Waals surface area (Å²) in [6, 6.07) is 14.0. The van der Waals surface area contributed by atoms with E-state index in [0.29, 0.717) is 29.5 Å². The van der Waals surface area contributed by atoms with Gasteiger partial charge in [0.15, 0.2) is 0 Å². The third-order valence-electron chi connectivity index (χ3n) is 5.87. The molecule has 1 aliphatic rings. The average molecular weight is 464 g/mol. The van der Waals surface area contributed by atoms with Crippen molar-refractivity contribution < 1.29 is 9.53 Å². The number of ether oxygens (including phenoxy) is 1. The summed E-state index contributed by atoms with van der Waals surface area (Å²) in [6.07, 6.45) is 3.33. The minimum Gasteiger partial charge on any atom is -0.376 e. The van der Waals surface area contributed by atoms with Gasteiger partial charge in [-0.3, -0.25) is 19.4 Å². The quantitative estimate of drug-likeness (QED) is 0.444. The molecule has 1 aliphatic heterocycles. The molecule has 1 fully saturated rings. The molecule has 4 aromatic rings. The lowest BCUT2D eigenvalue weighted by atomic mass is 10.1. The van der Waals surface area contributed by atoms with Crippen molar-refractivity contribution in [3.05, 3.63) is 86.7 Å². The van der Waals surface area contributed by atoms with Gasteiger partial charge in [0.25, 0.3) is 11.5 Å². The summed E-state index contributed by atoms with van der Waals surface area (Å²) in [5, 5.41) is 12.4. The van der Waals surface area contributed by atoms with Crippen LogP contribution in [0.4, 0.5) is 0 Å². The molecule has 1 aromatic carbocycles. The minimum atomic E-state index is -0.458. The van der Waals surface area contributed by atoms with E-state index in [1.54, 1.807) is 35.0 Å². The van der Waals surface area contributed by atoms with Crippen LogP contribution >= 0.6 is 11.6 Å². The van der Waals surface area contributed by atoms with Crippen molar-refractivity contribution in [3.63, 3.8) is 0 Å². The topological polar surface area (TPSA) is 101 Å². The molecule has 0 bridgehead atoms. The summed E-state index contributed by atoms with van der Waals surface area (Å²) in [4.78, 5) is 31.0. The van der Waals surface area contributed by atoms with Crippen molar-refractivity contribution in [1.29, 1.82) is 5.41 Å². The van der Waals surface area contributed by atoms with Gasteiger partial charge in [0.1, 0.15) is 16.8 Å². The molecule has 168 valence electrons. The fraction of sp³-hybridized carbons (Fsp3) is 0.250. The number of pyridine rings is 2. The zero-order valence-electron chi connectivity index (χ0n) is 17.8. The Bertz CT molecular complexity index is 1490. The van der Waals surface area contributed by atoms with Gasteiger partial charge < -0.3 is 14.6 Å². The molecule has 33 heavy (non-hydrogen) atoms. The summed E-state index contributed by atoms with van der Waals surface area (Å²) in [7, 11) is 0. The number of rotatable bonds is 5. The Hall–Kier alpha value is -3.49. The van der Waals surface area contributed by atoms with Crippen LogP contribution in [0, 0.1) is 5.41 Å². The van der Waals surface area contributed by atoms with E-state index >= 15 is 0 Å². The molecule has 8 nitrogen and oxygen atoms in total. The Balaban J connectivity index is 1.62. The molecule has 0 saturated carbocycles. The second kappa shape index (κ2) is 8.80. The second-order valence-corrected chi connectivity index (χ2v) is 8.42. The number of nitrogens with one attached hydrogen (secondary N) is 2. The molecule has 1 saturated heterocycles. The molecule has 4 heterocycles. The van der Waals surface area contributed by atoms with Crippen molar-refractivity contribution in [2.24, 2.45) is 0 Å². The maximum absolute atomic E-state index is 13.3. The molecular formula is C24H22ClN5O3. The first-order chi connectivity index (χ1) is 16.0. The molecule has 5 rings (SSSR count). The van der Waals surface area contributed by atoms with Gasteiger partial charge >= 0.3 is 0 Å². The number of carbonyl (C=O) groups is 1. The van der Waals surface area contributed by atoms with Crippen LogP contribution in [0.2, 0.25) is 5.02 Å². The van der Waals surface area contributed by atoms with E-state index in [2.05, 4.69) is 10.3 Å². The monoisotopic (exact) mass is 463 g/mol. The van der Waals surface area contributed by atoms with Gasteiger partial charge in [0, 0.05) is 24.4 Å². The van der Waals surface area contributed by atoms with Crippen LogP contribution in [0.15, 0.2) is 59.5 Å². The van der Waals surface area contributed by atoms with Crippen LogP contribution in [0.3, 0.4) is 0 Å². The van der Waals surface area contributed by atoms with Crippen LogP contribution < -0.4 is 16.4 Å². The summed E-state index contributed by atoms with van der Waals surface area (Å²) < 4.78 is 8.82. The minimum absolute atomic E-state index is 0.0122. The summed E-state index contributed by atoms with van der Waals surface area (Å²) in [5.74, 6) is -0.458. The summed E-state index contributed by atoms with van der Waals surface area (Å²) >= 11 is 6.20. The zero-order valence-corrected chi connectivity index (χ0v) is 18.5. The molecule has 1 atom stereocenters. The van der Waals surface area contributed by atoms with E-state index in [-0.39, 0.29) is 34.6 Å². The molecular weight excluding hydrogens is 442 g/mol. The van der Waals surface area contributed by atoms with Gasteiger partial charge in [-0.05, 0) is 42.7 Å². The van der Waals surface area contributed by atoms with Gasteiger partial charge in [-0.25, -0.2) is 4.98 Å². The Kier molecular flexibility index (Phi) is 5.70. The lowest BCUT2D eigenvalue weighted by molar-refractivity contribution is 0.0931. The molecule has 0 aliphatic carbocycles. The SMILES string of the molecule is N=c1c(C(=O)NCc2ccccc2Cl)cc2c(=O)n3ccccc3nc2n1CC1CCCO1. The van der Waals surface area contributed by atoms with E-state index in [9.17, 15) is 9.59 Å². The van der Waals surface area contributed by atoms with Crippen LogP contribution in [-0.4, -0.2) is 32.6 Å². The second-order valence-electron chi connectivity index (χ2n) is 8.01. The Morgan fingerprint density at radius 3 is 2.85 bits per heavy atom. The lowest BCUT2D eigenvalue weighted by Gasteiger charge is -2.17. The largest absolute Gasteiger partial charge is 0.376 e. The molecule has 3 aromatic heterocycles. The first-order valence-corrected chi connectivity index (χ1v) is 11.1. The molecule has 1 amide bonds. The zero-order chi connectivity index (χ0) is 22.9. The Labute approximate surface area is 193 Å². The number of benzene rings is 1. The molecule has 0 radical (unpaired) electrons. The highest BCUT2D eigenvalue weighted by Gasteiger charge is 2.22. The number of carbonyl (C=O) groups excluding carboxylic acids is 1. The van der Waals surface area contributed by atoms with Crippen LogP contribution in [0.1, 0.15) is 28.8 Å². The molecule has 2 N–H and O–H groups in total. The fourth-order valence-corrected chi connectivity index (χ4v) is 4.34. The van der Waals surface area contributed by atoms with Gasteiger partial charge in [0.2, 0.25) is 0 Å². The molecule has 0 spiro atoms. The van der Waals surface area contributed by atoms with Gasteiger partial charge in [-0.1, -0.05) is 35.9 Å². The predicted octanol–water partition coefficient (Wildman–Crippen LogP) is 2.89. The van der Waals surface area contributed by atoms with Crippen molar-refractivity contribution in [1.82, 2.24) is 19.3 Å². The van der Waals surface area contributed by atoms with E-state index in [4.69, 9.17) is 21.7 Å². The number of halogens is 1. The van der Waals surface area contributed by atoms with Gasteiger partial charge in [0.05, 0.1) is 23.6 Å². The molecule has 9 heteroatoms. The van der Waals surface area contributed by atoms with Crippen LogP contribution in [0.25, 0.3) is 16.7 Å². The fourth-order valence-electron chi connectivity index (χ4n) is 4.14. The normalized spacial score (nSPS) is 15.8. The van der Waals surface area contributed by atoms with Crippen LogP contribution in [-0.2, 0) is 17.8 Å². The van der Waals surface area contributed by atoms with E-state index in [1.165, 1.54) is 10.5 Å². The lowest BCUT2D eigenvalue weighted by Crippen LogP contribution is -2.36. The standard InChI is InChI=1S/C24H22ClN5O3/c25-19-8-2-1-6-15(19)13-27-23(31)17-12-18-22(28-20-9-3-4-10-29(20)24(18)32)30(21(17)26)14-16-7-5-11-33-16/h1-4,6,8-10,12,16,26H,5,7,11,13-14H2,(H,27,31). The smallest absolute Gasteiger partial charge is 0.267 e. The number of hydrogen-bond donors (Lipinski definition) is 2. The maximum atomic E-state index is 13.3. The third-order valence-corrected chi connectivity index (χ3v) is 6.24. The number of nitrogens with zero attached hydrogens (tertiary/aromatic N) is 3. The van der Waals surface area contributed by atoms with Crippen LogP contribution in [0.5, 0.6) is 0 Å². The highest BCUT2D eigenvalue weighted by molar-refractivity contribution is 6.31. The summed E-state index contributed by atoms with van der Waals surface area (Å²) in [5.41, 5.74) is 1.40.